The molecule has 8 aromatic carbocycles. The van der Waals surface area contributed by atoms with Crippen molar-refractivity contribution in [1.29, 1.82) is 0 Å². The third kappa shape index (κ3) is 8.59. The van der Waals surface area contributed by atoms with E-state index in [0.29, 0.717) is 23.2 Å². The van der Waals surface area contributed by atoms with Crippen LogP contribution in [0.3, 0.4) is 0 Å². The normalized spacial score (nSPS) is 11.9. The standard InChI is InChI=1S/C52H46N2O2P4/c55-59(49-35-17-5-18-36-49,50-37-19-6-20-38-50)53-57(45-27-9-1-10-28-45,46-29-11-2-12-30-46)43-25-26-44-58(47-31-13-3-14-32-47,48-33-15-4-16-34-48)54-60(56,51-39-21-7-22-40-51)52-41-23-8-24-42-52/h1-24,27-42H,25,43H2,(H,53,55)(H,54,56)/q+2. The van der Waals surface area contributed by atoms with Crippen LogP contribution < -0.4 is 52.2 Å². The molecule has 0 aliphatic carbocycles. The highest BCUT2D eigenvalue weighted by Crippen LogP contribution is 2.63. The molecule has 0 fully saturated rings. The van der Waals surface area contributed by atoms with E-state index < -0.39 is 29.4 Å². The molecule has 8 heteroatoms. The van der Waals surface area contributed by atoms with Crippen molar-refractivity contribution in [3.8, 4) is 11.6 Å². The van der Waals surface area contributed by atoms with Gasteiger partial charge in [-0.15, -0.1) is 9.72 Å². The van der Waals surface area contributed by atoms with Crippen molar-refractivity contribution >= 4 is 71.8 Å². The van der Waals surface area contributed by atoms with E-state index in [0.717, 1.165) is 31.8 Å². The minimum absolute atomic E-state index is 0.470. The van der Waals surface area contributed by atoms with Crippen LogP contribution in [0.15, 0.2) is 243 Å². The third-order valence-electron chi connectivity index (χ3n) is 10.6. The van der Waals surface area contributed by atoms with E-state index in [4.69, 9.17) is 0 Å². The summed E-state index contributed by atoms with van der Waals surface area (Å²) in [5.41, 5.74) is 3.86. The van der Waals surface area contributed by atoms with E-state index >= 15 is 9.13 Å². The van der Waals surface area contributed by atoms with Crippen molar-refractivity contribution in [3.05, 3.63) is 243 Å². The predicted molar refractivity (Wildman–Crippen MR) is 261 cm³/mol. The first kappa shape index (κ1) is 41.3. The van der Waals surface area contributed by atoms with Crippen LogP contribution in [0.1, 0.15) is 6.42 Å². The molecule has 0 aliphatic heterocycles. The maximum Gasteiger partial charge on any atom is 0.236 e. The van der Waals surface area contributed by atoms with Crippen LogP contribution in [0, 0.1) is 11.6 Å². The van der Waals surface area contributed by atoms with Gasteiger partial charge in [0.1, 0.15) is 26.9 Å². The van der Waals surface area contributed by atoms with Gasteiger partial charge in [-0.05, 0) is 97.1 Å². The summed E-state index contributed by atoms with van der Waals surface area (Å²) in [6.07, 6.45) is 1.06. The highest BCUT2D eigenvalue weighted by Gasteiger charge is 2.51. The molecular weight excluding hydrogens is 808 g/mol. The van der Waals surface area contributed by atoms with Gasteiger partial charge in [0.2, 0.25) is 22.0 Å². The minimum Gasteiger partial charge on any atom is -0.293 e. The van der Waals surface area contributed by atoms with Gasteiger partial charge in [-0.25, -0.2) is 0 Å². The van der Waals surface area contributed by atoms with Crippen molar-refractivity contribution < 1.29 is 9.13 Å². The average molecular weight is 855 g/mol. The monoisotopic (exact) mass is 854 g/mol. The molecule has 0 aliphatic rings. The molecule has 8 aromatic rings. The summed E-state index contributed by atoms with van der Waals surface area (Å²) in [7, 11) is -12.6. The molecule has 0 saturated heterocycles. The zero-order valence-electron chi connectivity index (χ0n) is 33.1. The molecule has 0 unspecified atom stereocenters. The number of hydrogen-bond acceptors (Lipinski definition) is 2. The third-order valence-corrected chi connectivity index (χ3v) is 25.4. The average Bonchev–Trinajstić information content (AvgIpc) is 3.34. The Morgan fingerprint density at radius 3 is 0.933 bits per heavy atom. The molecule has 0 aromatic heterocycles. The fraction of sp³-hybridized carbons (Fsp3) is 0.0385. The summed E-state index contributed by atoms with van der Waals surface area (Å²) in [5, 5.41) is 7.08. The molecule has 294 valence electrons. The van der Waals surface area contributed by atoms with Gasteiger partial charge in [0.25, 0.3) is 0 Å². The molecule has 8 rings (SSSR count). The maximum absolute atomic E-state index is 16.0. The summed E-state index contributed by atoms with van der Waals surface area (Å²) in [6.45, 7) is 0. The second kappa shape index (κ2) is 18.9. The molecule has 0 spiro atoms. The predicted octanol–water partition coefficient (Wildman–Crippen LogP) is 9.54. The lowest BCUT2D eigenvalue weighted by Gasteiger charge is -2.32. The largest absolute Gasteiger partial charge is 0.293 e. The quantitative estimate of drug-likeness (QED) is 0.0846. The number of benzene rings is 8. The van der Waals surface area contributed by atoms with E-state index in [-0.39, 0.29) is 0 Å². The van der Waals surface area contributed by atoms with Gasteiger partial charge >= 0.3 is 0 Å². The molecule has 0 heterocycles. The summed E-state index contributed by atoms with van der Waals surface area (Å²) < 4.78 is 32.0. The zero-order chi connectivity index (χ0) is 41.1. The smallest absolute Gasteiger partial charge is 0.236 e. The van der Waals surface area contributed by atoms with Crippen LogP contribution in [0.5, 0.6) is 0 Å². The maximum atomic E-state index is 16.0. The molecule has 0 saturated carbocycles. The van der Waals surface area contributed by atoms with Crippen molar-refractivity contribution in [3.63, 3.8) is 0 Å². The van der Waals surface area contributed by atoms with Gasteiger partial charge in [0.05, 0.1) is 6.16 Å². The van der Waals surface area contributed by atoms with Gasteiger partial charge < -0.3 is 0 Å². The first-order valence-electron chi connectivity index (χ1n) is 20.0. The summed E-state index contributed by atoms with van der Waals surface area (Å²) in [5.74, 6) is 3.72. The van der Waals surface area contributed by atoms with E-state index in [9.17, 15) is 0 Å². The SMILES string of the molecule is O=P(N[P+](C#CCC[P+](NP(=O)(c1ccccc1)c1ccccc1)(c1ccccc1)c1ccccc1)(c1ccccc1)c1ccccc1)(c1ccccc1)c1ccccc1. The lowest BCUT2D eigenvalue weighted by molar-refractivity contribution is 0.584. The molecule has 60 heavy (non-hydrogen) atoms. The Labute approximate surface area is 355 Å². The van der Waals surface area contributed by atoms with Crippen LogP contribution in [0.25, 0.3) is 0 Å². The second-order valence-corrected chi connectivity index (χ2v) is 26.1. The lowest BCUT2D eigenvalue weighted by atomic mass is 10.4. The van der Waals surface area contributed by atoms with Gasteiger partial charge in [-0.2, -0.15) is 0 Å². The lowest BCUT2D eigenvalue weighted by Crippen LogP contribution is -2.38. The van der Waals surface area contributed by atoms with Crippen LogP contribution in [0.4, 0.5) is 0 Å². The molecule has 0 amide bonds. The van der Waals surface area contributed by atoms with Gasteiger partial charge in [-0.3, -0.25) is 9.13 Å². The Kier molecular flexibility index (Phi) is 13.0. The Morgan fingerprint density at radius 2 is 0.617 bits per heavy atom. The first-order valence-corrected chi connectivity index (χ1v) is 27.2. The van der Waals surface area contributed by atoms with E-state index in [1.54, 1.807) is 0 Å². The Bertz CT molecular complexity index is 2590. The van der Waals surface area contributed by atoms with E-state index in [1.807, 2.05) is 170 Å². The molecular formula is C52H46N2O2P4+2. The highest BCUT2D eigenvalue weighted by molar-refractivity contribution is 8.00. The topological polar surface area (TPSA) is 58.2 Å². The molecule has 0 radical (unpaired) electrons. The molecule has 2 N–H and O–H groups in total. The summed E-state index contributed by atoms with van der Waals surface area (Å²) in [6, 6.07) is 80.5. The summed E-state index contributed by atoms with van der Waals surface area (Å²) >= 11 is 0. The van der Waals surface area contributed by atoms with E-state index in [1.165, 1.54) is 0 Å². The van der Waals surface area contributed by atoms with Crippen LogP contribution in [-0.2, 0) is 9.13 Å². The van der Waals surface area contributed by atoms with Crippen LogP contribution in [0.2, 0.25) is 0 Å². The number of hydrogen-bond donors (Lipinski definition) is 2. The summed E-state index contributed by atoms with van der Waals surface area (Å²) in [4.78, 5) is 7.89. The first-order chi connectivity index (χ1) is 29.5. The Balaban J connectivity index is 1.31. The molecule has 4 nitrogen and oxygen atoms in total. The number of nitrogens with one attached hydrogen (secondary N) is 2. The van der Waals surface area contributed by atoms with Crippen LogP contribution in [-0.4, -0.2) is 6.16 Å². The molecule has 0 atom stereocenters. The van der Waals surface area contributed by atoms with Crippen molar-refractivity contribution in [1.82, 2.24) is 9.72 Å². The highest BCUT2D eigenvalue weighted by atomic mass is 31.2. The van der Waals surface area contributed by atoms with Crippen molar-refractivity contribution in [2.45, 2.75) is 6.42 Å². The van der Waals surface area contributed by atoms with Gasteiger partial charge in [0, 0.05) is 27.6 Å². The van der Waals surface area contributed by atoms with E-state index in [2.05, 4.69) is 94.1 Å². The minimum atomic E-state index is -3.49. The molecule has 0 bridgehead atoms. The number of rotatable bonds is 14. The Morgan fingerprint density at radius 1 is 0.350 bits per heavy atom. The zero-order valence-corrected chi connectivity index (χ0v) is 36.7. The van der Waals surface area contributed by atoms with Gasteiger partial charge in [-0.1, -0.05) is 152 Å². The second-order valence-electron chi connectivity index (χ2n) is 14.3. The van der Waals surface area contributed by atoms with Crippen molar-refractivity contribution in [2.75, 3.05) is 6.16 Å². The Hall–Kier alpha value is -5.44. The van der Waals surface area contributed by atoms with Crippen molar-refractivity contribution in [2.24, 2.45) is 0 Å². The van der Waals surface area contributed by atoms with Crippen LogP contribution >= 0.6 is 29.4 Å². The van der Waals surface area contributed by atoms with Gasteiger partial charge in [0.15, 0.2) is 7.41 Å². The fourth-order valence-electron chi connectivity index (χ4n) is 7.59. The fourth-order valence-corrected chi connectivity index (χ4v) is 23.2.